The molecule has 2 aromatic rings. The minimum atomic E-state index is -0.378. The quantitative estimate of drug-likeness (QED) is 0.785. The topological polar surface area (TPSA) is 25.2 Å². The number of benzene rings is 1. The van der Waals surface area contributed by atoms with Crippen molar-refractivity contribution in [2.45, 2.75) is 39.2 Å². The summed E-state index contributed by atoms with van der Waals surface area (Å²) in [5.41, 5.74) is 0.791. The Labute approximate surface area is 130 Å². The van der Waals surface area contributed by atoms with Crippen molar-refractivity contribution >= 4 is 11.6 Å². The predicted octanol–water partition coefficient (Wildman–Crippen LogP) is 4.92. The van der Waals surface area contributed by atoms with E-state index in [9.17, 15) is 4.39 Å². The van der Waals surface area contributed by atoms with Crippen LogP contribution >= 0.6 is 11.6 Å². The fraction of sp³-hybridized carbons (Fsp3) is 0.412. The van der Waals surface area contributed by atoms with Gasteiger partial charge in [-0.1, -0.05) is 37.6 Å². The number of halogens is 2. The molecule has 0 aliphatic carbocycles. The number of rotatable bonds is 7. The molecule has 1 atom stereocenters. The Kier molecular flexibility index (Phi) is 5.83. The Morgan fingerprint density at radius 3 is 2.71 bits per heavy atom. The van der Waals surface area contributed by atoms with E-state index in [1.54, 1.807) is 6.07 Å². The maximum atomic E-state index is 13.6. The molecule has 1 aromatic heterocycles. The lowest BCUT2D eigenvalue weighted by atomic mass is 10.0. The van der Waals surface area contributed by atoms with Gasteiger partial charge in [-0.3, -0.25) is 0 Å². The van der Waals surface area contributed by atoms with E-state index < -0.39 is 0 Å². The third kappa shape index (κ3) is 4.08. The number of hydrogen-bond donors (Lipinski definition) is 1. The lowest BCUT2D eigenvalue weighted by molar-refractivity contribution is 0.392. The van der Waals surface area contributed by atoms with Gasteiger partial charge in [0.2, 0.25) is 0 Å². The van der Waals surface area contributed by atoms with Crippen molar-refractivity contribution in [3.8, 4) is 0 Å². The van der Waals surface area contributed by atoms with Crippen LogP contribution in [0.1, 0.15) is 43.4 Å². The second kappa shape index (κ2) is 7.62. The molecule has 4 heteroatoms. The molecule has 2 nitrogen and oxygen atoms in total. The summed E-state index contributed by atoms with van der Waals surface area (Å²) in [5, 5.41) is 3.64. The first kappa shape index (κ1) is 16.1. The largest absolute Gasteiger partial charge is 0.464 e. The summed E-state index contributed by atoms with van der Waals surface area (Å²) < 4.78 is 19.4. The van der Waals surface area contributed by atoms with Gasteiger partial charge in [0.15, 0.2) is 0 Å². The van der Waals surface area contributed by atoms with E-state index in [4.69, 9.17) is 16.0 Å². The molecule has 0 bridgehead atoms. The van der Waals surface area contributed by atoms with Gasteiger partial charge in [0.1, 0.15) is 17.3 Å². The van der Waals surface area contributed by atoms with Gasteiger partial charge in [-0.25, -0.2) is 4.39 Å². The van der Waals surface area contributed by atoms with Gasteiger partial charge in [-0.05, 0) is 43.1 Å². The highest BCUT2D eigenvalue weighted by Gasteiger charge is 2.18. The molecule has 2 rings (SSSR count). The summed E-state index contributed by atoms with van der Waals surface area (Å²) in [5.74, 6) is 1.45. The van der Waals surface area contributed by atoms with E-state index in [0.29, 0.717) is 6.42 Å². The zero-order chi connectivity index (χ0) is 15.2. The Hall–Kier alpha value is -1.32. The van der Waals surface area contributed by atoms with Crippen LogP contribution in [0.4, 0.5) is 4.39 Å². The zero-order valence-electron chi connectivity index (χ0n) is 12.5. The van der Waals surface area contributed by atoms with Gasteiger partial charge in [0.25, 0.3) is 0 Å². The molecule has 0 fully saturated rings. The smallest absolute Gasteiger partial charge is 0.142 e. The molecule has 1 unspecified atom stereocenters. The molecule has 21 heavy (non-hydrogen) atoms. The Bertz CT molecular complexity index is 582. The van der Waals surface area contributed by atoms with Crippen LogP contribution in [0.2, 0.25) is 5.02 Å². The number of furan rings is 1. The molecule has 0 aliphatic heterocycles. The lowest BCUT2D eigenvalue weighted by Crippen LogP contribution is -2.23. The molecular formula is C17H21ClFNO. The summed E-state index contributed by atoms with van der Waals surface area (Å²) >= 11 is 6.06. The summed E-state index contributed by atoms with van der Waals surface area (Å²) in [7, 11) is 0. The van der Waals surface area contributed by atoms with Crippen molar-refractivity contribution in [1.29, 1.82) is 0 Å². The normalized spacial score (nSPS) is 12.6. The molecule has 0 spiro atoms. The van der Waals surface area contributed by atoms with E-state index in [2.05, 4.69) is 19.2 Å². The zero-order valence-corrected chi connectivity index (χ0v) is 13.2. The summed E-state index contributed by atoms with van der Waals surface area (Å²) in [6, 6.07) is 8.90. The first-order valence-electron chi connectivity index (χ1n) is 7.40. The third-order valence-electron chi connectivity index (χ3n) is 3.47. The molecule has 0 aliphatic rings. The van der Waals surface area contributed by atoms with Gasteiger partial charge in [-0.15, -0.1) is 0 Å². The van der Waals surface area contributed by atoms with Crippen LogP contribution in [0.5, 0.6) is 0 Å². The van der Waals surface area contributed by atoms with Gasteiger partial charge in [0.05, 0.1) is 11.1 Å². The van der Waals surface area contributed by atoms with Crippen LogP contribution in [0.25, 0.3) is 0 Å². The minimum absolute atomic E-state index is 0.00421. The summed E-state index contributed by atoms with van der Waals surface area (Å²) in [6.07, 6.45) is 2.49. The van der Waals surface area contributed by atoms with Crippen LogP contribution in [0, 0.1) is 5.82 Å². The Balaban J connectivity index is 2.21. The maximum absolute atomic E-state index is 13.6. The highest BCUT2D eigenvalue weighted by atomic mass is 35.5. The van der Waals surface area contributed by atoms with Crippen molar-refractivity contribution in [2.24, 2.45) is 0 Å². The summed E-state index contributed by atoms with van der Waals surface area (Å²) in [6.45, 7) is 5.04. The Morgan fingerprint density at radius 2 is 2.05 bits per heavy atom. The minimum Gasteiger partial charge on any atom is -0.464 e. The molecule has 1 N–H and O–H groups in total. The van der Waals surface area contributed by atoms with Crippen LogP contribution < -0.4 is 5.32 Å². The van der Waals surface area contributed by atoms with Crippen molar-refractivity contribution in [2.75, 3.05) is 6.54 Å². The average molecular weight is 310 g/mol. The molecule has 1 aromatic carbocycles. The fourth-order valence-electron chi connectivity index (χ4n) is 2.29. The number of nitrogens with one attached hydrogen (secondary N) is 1. The van der Waals surface area contributed by atoms with Gasteiger partial charge in [0, 0.05) is 6.42 Å². The maximum Gasteiger partial charge on any atom is 0.142 e. The second-order valence-corrected chi connectivity index (χ2v) is 5.46. The monoisotopic (exact) mass is 309 g/mol. The van der Waals surface area contributed by atoms with Crippen LogP contribution in [-0.4, -0.2) is 6.54 Å². The average Bonchev–Trinajstić information content (AvgIpc) is 2.96. The standard InChI is InChI=1S/C17H21ClFNO/c1-3-10-20-15(16-9-8-13(4-2)21-16)11-12-6-5-7-14(19)17(12)18/h5-9,15,20H,3-4,10-11H2,1-2H3. The van der Waals surface area contributed by atoms with E-state index in [1.165, 1.54) is 6.07 Å². The molecule has 0 saturated heterocycles. The van der Waals surface area contributed by atoms with Crippen LogP contribution in [-0.2, 0) is 12.8 Å². The van der Waals surface area contributed by atoms with E-state index >= 15 is 0 Å². The molecular weight excluding hydrogens is 289 g/mol. The molecule has 0 radical (unpaired) electrons. The van der Waals surface area contributed by atoms with Crippen LogP contribution in [0.15, 0.2) is 34.7 Å². The molecule has 0 saturated carbocycles. The third-order valence-corrected chi connectivity index (χ3v) is 3.89. The van der Waals surface area contributed by atoms with Gasteiger partial charge >= 0.3 is 0 Å². The van der Waals surface area contributed by atoms with Crippen LogP contribution in [0.3, 0.4) is 0 Å². The summed E-state index contributed by atoms with van der Waals surface area (Å²) in [4.78, 5) is 0. The molecule has 0 amide bonds. The van der Waals surface area contributed by atoms with E-state index in [-0.39, 0.29) is 16.9 Å². The number of aryl methyl sites for hydroxylation is 1. The highest BCUT2D eigenvalue weighted by molar-refractivity contribution is 6.31. The fourth-order valence-corrected chi connectivity index (χ4v) is 2.49. The van der Waals surface area contributed by atoms with Crippen molar-refractivity contribution in [3.05, 3.63) is 58.3 Å². The van der Waals surface area contributed by atoms with Crippen molar-refractivity contribution < 1.29 is 8.81 Å². The van der Waals surface area contributed by atoms with Gasteiger partial charge in [-0.2, -0.15) is 0 Å². The lowest BCUT2D eigenvalue weighted by Gasteiger charge is -2.17. The number of hydrogen-bond acceptors (Lipinski definition) is 2. The first-order chi connectivity index (χ1) is 10.2. The van der Waals surface area contributed by atoms with Gasteiger partial charge < -0.3 is 9.73 Å². The van der Waals surface area contributed by atoms with E-state index in [1.807, 2.05) is 18.2 Å². The highest BCUT2D eigenvalue weighted by Crippen LogP contribution is 2.26. The van der Waals surface area contributed by atoms with E-state index in [0.717, 1.165) is 36.5 Å². The second-order valence-electron chi connectivity index (χ2n) is 5.08. The van der Waals surface area contributed by atoms with Crippen molar-refractivity contribution in [1.82, 2.24) is 5.32 Å². The molecule has 114 valence electrons. The van der Waals surface area contributed by atoms with Crippen molar-refractivity contribution in [3.63, 3.8) is 0 Å². The molecule has 1 heterocycles. The predicted molar refractivity (Wildman–Crippen MR) is 84.2 cm³/mol. The Morgan fingerprint density at radius 1 is 1.24 bits per heavy atom. The first-order valence-corrected chi connectivity index (χ1v) is 7.78. The SMILES string of the molecule is CCCNC(Cc1cccc(F)c1Cl)c1ccc(CC)o1.